The van der Waals surface area contributed by atoms with Gasteiger partial charge in [0, 0.05) is 12.3 Å². The maximum atomic E-state index is 13.1. The van der Waals surface area contributed by atoms with Crippen LogP contribution >= 0.6 is 0 Å². The minimum absolute atomic E-state index is 0.0226. The van der Waals surface area contributed by atoms with Crippen LogP contribution in [0, 0.1) is 11.3 Å². The van der Waals surface area contributed by atoms with Crippen molar-refractivity contribution in [3.63, 3.8) is 0 Å². The molecule has 4 atom stereocenters. The van der Waals surface area contributed by atoms with Crippen LogP contribution in [0.25, 0.3) is 0 Å². The number of hydrogen-bond acceptors (Lipinski definition) is 7. The molecule has 2 heterocycles. The van der Waals surface area contributed by atoms with E-state index in [2.05, 4.69) is 113 Å². The van der Waals surface area contributed by atoms with E-state index >= 15 is 0 Å². The normalized spacial score (nSPS) is 25.2. The zero-order valence-electron chi connectivity index (χ0n) is 27.4. The van der Waals surface area contributed by atoms with Gasteiger partial charge in [-0.1, -0.05) is 62.3 Å². The molecule has 2 rings (SSSR count). The summed E-state index contributed by atoms with van der Waals surface area (Å²) in [6.45, 7) is 32.0. The van der Waals surface area contributed by atoms with E-state index in [9.17, 15) is 14.9 Å². The lowest BCUT2D eigenvalue weighted by atomic mass is 9.98. The summed E-state index contributed by atoms with van der Waals surface area (Å²) in [4.78, 5) is 27.3. The summed E-state index contributed by atoms with van der Waals surface area (Å²) in [5, 5.41) is 10.4. The van der Waals surface area contributed by atoms with Crippen molar-refractivity contribution >= 4 is 25.0 Å². The average molecular weight is 612 g/mol. The lowest BCUT2D eigenvalue weighted by Crippen LogP contribution is -2.58. The van der Waals surface area contributed by atoms with E-state index < -0.39 is 60.2 Å². The Morgan fingerprint density at radius 3 is 1.80 bits per heavy atom. The first-order valence-corrected chi connectivity index (χ1v) is 22.8. The Morgan fingerprint density at radius 1 is 0.900 bits per heavy atom. The third kappa shape index (κ3) is 6.99. The number of hydrogen-bond donors (Lipinski definition) is 1. The molecule has 0 bridgehead atoms. The van der Waals surface area contributed by atoms with E-state index in [4.69, 9.17) is 18.0 Å². The maximum absolute atomic E-state index is 13.1. The largest absolute Gasteiger partial charge is 0.413 e. The van der Waals surface area contributed by atoms with Gasteiger partial charge in [0.1, 0.15) is 18.3 Å². The van der Waals surface area contributed by atoms with Crippen molar-refractivity contribution in [1.29, 1.82) is 5.26 Å². The van der Waals surface area contributed by atoms with Gasteiger partial charge in [0.2, 0.25) is 5.60 Å². The molecule has 40 heavy (non-hydrogen) atoms. The highest BCUT2D eigenvalue weighted by Gasteiger charge is 2.62. The van der Waals surface area contributed by atoms with Crippen molar-refractivity contribution in [3.05, 3.63) is 33.1 Å². The molecule has 0 amide bonds. The second kappa shape index (κ2) is 11.1. The highest BCUT2D eigenvalue weighted by molar-refractivity contribution is 6.75. The second-order valence-corrected chi connectivity index (χ2v) is 30.0. The van der Waals surface area contributed by atoms with Crippen molar-refractivity contribution in [3.8, 4) is 6.07 Å². The Balaban J connectivity index is 2.82. The Hall–Kier alpha value is -1.34. The molecule has 1 fully saturated rings. The number of rotatable bonds is 8. The highest BCUT2D eigenvalue weighted by atomic mass is 28.4. The fourth-order valence-electron chi connectivity index (χ4n) is 3.64. The molecule has 0 saturated carbocycles. The van der Waals surface area contributed by atoms with Gasteiger partial charge in [0.15, 0.2) is 31.2 Å². The topological polar surface area (TPSA) is 116 Å². The summed E-state index contributed by atoms with van der Waals surface area (Å²) in [5.74, 6) is 0. The minimum Gasteiger partial charge on any atom is -0.413 e. The van der Waals surface area contributed by atoms with E-state index in [0.29, 0.717) is 0 Å². The van der Waals surface area contributed by atoms with Gasteiger partial charge in [-0.2, -0.15) is 5.26 Å². The standard InChI is InChI=1S/C28H53N3O6Si3/c1-25(2,3)38(10,11)34-19-28(18-29)22(37-40(14,15)27(7,8)9)21(36-39(12,13)26(4,5)6)23(35-28)31-17-16-20(32)30-24(31)33/h16-17,21-23H,19H2,1-15H3,(H,30,32,33)/t21-,22+,23-,28-/m1/s1. The number of ether oxygens (including phenoxy) is 1. The first-order chi connectivity index (χ1) is 17.7. The van der Waals surface area contributed by atoms with E-state index in [1.165, 1.54) is 16.8 Å². The molecule has 0 spiro atoms. The van der Waals surface area contributed by atoms with Gasteiger partial charge < -0.3 is 18.0 Å². The van der Waals surface area contributed by atoms with Crippen molar-refractivity contribution < 1.29 is 18.0 Å². The van der Waals surface area contributed by atoms with Crippen molar-refractivity contribution in [2.75, 3.05) is 6.61 Å². The van der Waals surface area contributed by atoms with Crippen molar-refractivity contribution in [2.24, 2.45) is 0 Å². The first-order valence-electron chi connectivity index (χ1n) is 14.1. The van der Waals surface area contributed by atoms with E-state index in [1.807, 2.05) is 0 Å². The molecule has 1 aliphatic rings. The predicted octanol–water partition coefficient (Wildman–Crippen LogP) is 6.13. The Morgan fingerprint density at radius 2 is 1.38 bits per heavy atom. The second-order valence-electron chi connectivity index (χ2n) is 15.7. The summed E-state index contributed by atoms with van der Waals surface area (Å²) in [6.07, 6.45) is -1.22. The molecule has 0 aromatic carbocycles. The number of nitrogens with one attached hydrogen (secondary N) is 1. The molecule has 1 aliphatic heterocycles. The van der Waals surface area contributed by atoms with Crippen LogP contribution in [-0.4, -0.2) is 58.9 Å². The zero-order valence-corrected chi connectivity index (χ0v) is 30.4. The predicted molar refractivity (Wildman–Crippen MR) is 167 cm³/mol. The summed E-state index contributed by atoms with van der Waals surface area (Å²) in [7, 11) is -7.26. The van der Waals surface area contributed by atoms with Crippen LogP contribution < -0.4 is 11.2 Å². The minimum atomic E-state index is -2.49. The lowest BCUT2D eigenvalue weighted by molar-refractivity contribution is -0.0902. The number of H-pyrrole nitrogens is 1. The summed E-state index contributed by atoms with van der Waals surface area (Å²) >= 11 is 0. The van der Waals surface area contributed by atoms with Crippen molar-refractivity contribution in [2.45, 2.75) is 141 Å². The molecule has 12 heteroatoms. The van der Waals surface area contributed by atoms with Gasteiger partial charge >= 0.3 is 5.69 Å². The smallest absolute Gasteiger partial charge is 0.330 e. The average Bonchev–Trinajstić information content (AvgIpc) is 3.02. The molecule has 9 nitrogen and oxygen atoms in total. The van der Waals surface area contributed by atoms with Gasteiger partial charge in [-0.05, 0) is 54.4 Å². The van der Waals surface area contributed by atoms with Gasteiger partial charge in [-0.15, -0.1) is 0 Å². The highest BCUT2D eigenvalue weighted by Crippen LogP contribution is 2.49. The van der Waals surface area contributed by atoms with Crippen LogP contribution in [0.1, 0.15) is 68.5 Å². The van der Waals surface area contributed by atoms with E-state index in [1.54, 1.807) is 0 Å². The zero-order chi connectivity index (χ0) is 31.3. The molecule has 1 aromatic rings. The number of nitrogens with zero attached hydrogens (tertiary/aromatic N) is 2. The van der Waals surface area contributed by atoms with Gasteiger partial charge in [-0.25, -0.2) is 4.79 Å². The fourth-order valence-corrected chi connectivity index (χ4v) is 7.24. The Kier molecular flexibility index (Phi) is 9.64. The van der Waals surface area contributed by atoms with Crippen LogP contribution in [0.5, 0.6) is 0 Å². The Bertz CT molecular complexity index is 1210. The van der Waals surface area contributed by atoms with E-state index in [0.717, 1.165) is 0 Å². The summed E-state index contributed by atoms with van der Waals surface area (Å²) < 4.78 is 28.6. The third-order valence-corrected chi connectivity index (χ3v) is 23.0. The maximum Gasteiger partial charge on any atom is 0.330 e. The van der Waals surface area contributed by atoms with Crippen LogP contribution in [0.2, 0.25) is 54.4 Å². The quantitative estimate of drug-likeness (QED) is 0.352. The fraction of sp³-hybridized carbons (Fsp3) is 0.821. The SMILES string of the molecule is CC(C)(C)[Si](C)(C)OC[C@@]1(C#N)O[C@@H](n2ccc(=O)[nH]c2=O)[C@H](O[Si](C)(C)C(C)(C)C)[C@@H]1O[Si](C)(C)C(C)(C)C. The van der Waals surface area contributed by atoms with Crippen LogP contribution in [0.15, 0.2) is 21.9 Å². The number of nitriles is 1. The monoisotopic (exact) mass is 611 g/mol. The summed E-state index contributed by atoms with van der Waals surface area (Å²) in [6, 6.07) is 3.71. The van der Waals surface area contributed by atoms with Crippen LogP contribution in [0.4, 0.5) is 0 Å². The molecule has 0 aliphatic carbocycles. The number of aromatic nitrogens is 2. The summed E-state index contributed by atoms with van der Waals surface area (Å²) in [5.41, 5.74) is -2.69. The third-order valence-electron chi connectivity index (χ3n) is 9.60. The van der Waals surface area contributed by atoms with Gasteiger partial charge in [-0.3, -0.25) is 14.3 Å². The van der Waals surface area contributed by atoms with Crippen molar-refractivity contribution in [1.82, 2.24) is 9.55 Å². The first kappa shape index (κ1) is 34.9. The molecule has 1 saturated heterocycles. The van der Waals surface area contributed by atoms with E-state index in [-0.39, 0.29) is 21.7 Å². The molecular weight excluding hydrogens is 559 g/mol. The molecule has 0 radical (unpaired) electrons. The van der Waals surface area contributed by atoms with Gasteiger partial charge in [0.05, 0.1) is 6.61 Å². The molecule has 1 N–H and O–H groups in total. The lowest BCUT2D eigenvalue weighted by Gasteiger charge is -2.45. The molecule has 0 unspecified atom stereocenters. The number of aromatic amines is 1. The molecule has 1 aromatic heterocycles. The van der Waals surface area contributed by atoms with Crippen LogP contribution in [0.3, 0.4) is 0 Å². The molecule has 228 valence electrons. The molecular formula is C28H53N3O6Si3. The van der Waals surface area contributed by atoms with Gasteiger partial charge in [0.25, 0.3) is 5.56 Å². The van der Waals surface area contributed by atoms with Crippen LogP contribution in [-0.2, 0) is 18.0 Å². The Labute approximate surface area is 244 Å².